The Morgan fingerprint density at radius 1 is 0.962 bits per heavy atom. The van der Waals surface area contributed by atoms with E-state index in [0.29, 0.717) is 28.6 Å². The summed E-state index contributed by atoms with van der Waals surface area (Å²) < 4.78 is 21.1. The molecule has 2 rings (SSSR count). The molecule has 0 atom stereocenters. The summed E-state index contributed by atoms with van der Waals surface area (Å²) in [5.41, 5.74) is 1.29. The Bertz CT molecular complexity index is 846. The summed E-state index contributed by atoms with van der Waals surface area (Å²) in [4.78, 5) is 12.4. The zero-order valence-corrected chi connectivity index (χ0v) is 14.9. The largest absolute Gasteiger partial charge is 0.493 e. The molecular weight excluding hydrogens is 332 g/mol. The van der Waals surface area contributed by atoms with Crippen LogP contribution in [0.1, 0.15) is 15.9 Å². The molecule has 5 nitrogen and oxygen atoms in total. The van der Waals surface area contributed by atoms with Crippen LogP contribution in [-0.4, -0.2) is 33.7 Å². The third-order valence-corrected chi connectivity index (χ3v) is 3.59. The van der Waals surface area contributed by atoms with E-state index in [-0.39, 0.29) is 12.4 Å². The number of hydrogen-bond donors (Lipinski definition) is 0. The number of allylic oxidation sites excluding steroid dienone is 1. The maximum Gasteiger partial charge on any atom is 0.185 e. The molecule has 0 aliphatic carbocycles. The molecule has 5 heteroatoms. The predicted octanol–water partition coefficient (Wildman–Crippen LogP) is 3.62. The van der Waals surface area contributed by atoms with Gasteiger partial charge in [0, 0.05) is 5.56 Å². The van der Waals surface area contributed by atoms with Gasteiger partial charge in [-0.2, -0.15) is 0 Å². The van der Waals surface area contributed by atoms with Crippen LogP contribution in [-0.2, 0) is 0 Å². The van der Waals surface area contributed by atoms with Gasteiger partial charge in [-0.15, -0.1) is 6.42 Å². The molecule has 26 heavy (non-hydrogen) atoms. The van der Waals surface area contributed by atoms with E-state index in [4.69, 9.17) is 25.4 Å². The molecule has 0 heterocycles. The van der Waals surface area contributed by atoms with Crippen molar-refractivity contribution in [3.05, 3.63) is 53.6 Å². The minimum Gasteiger partial charge on any atom is -0.493 e. The summed E-state index contributed by atoms with van der Waals surface area (Å²) in [6, 6.07) is 10.3. The van der Waals surface area contributed by atoms with Crippen molar-refractivity contribution in [1.82, 2.24) is 0 Å². The van der Waals surface area contributed by atoms with Crippen molar-refractivity contribution in [3.8, 4) is 35.3 Å². The summed E-state index contributed by atoms with van der Waals surface area (Å²) in [5.74, 6) is 4.41. The first kappa shape index (κ1) is 18.9. The van der Waals surface area contributed by atoms with Crippen molar-refractivity contribution >= 4 is 11.9 Å². The first-order valence-corrected chi connectivity index (χ1v) is 7.81. The highest BCUT2D eigenvalue weighted by Gasteiger charge is 2.09. The Morgan fingerprint density at radius 2 is 1.62 bits per heavy atom. The van der Waals surface area contributed by atoms with Crippen LogP contribution in [0.25, 0.3) is 6.08 Å². The highest BCUT2D eigenvalue weighted by molar-refractivity contribution is 6.07. The number of benzene rings is 2. The third-order valence-electron chi connectivity index (χ3n) is 3.59. The van der Waals surface area contributed by atoms with Crippen molar-refractivity contribution in [2.45, 2.75) is 0 Å². The lowest BCUT2D eigenvalue weighted by molar-refractivity contribution is 0.104. The average molecular weight is 352 g/mol. The van der Waals surface area contributed by atoms with Gasteiger partial charge < -0.3 is 18.9 Å². The van der Waals surface area contributed by atoms with Gasteiger partial charge in [0.2, 0.25) is 0 Å². The molecule has 0 bridgehead atoms. The molecule has 0 N–H and O–H groups in total. The van der Waals surface area contributed by atoms with Crippen LogP contribution in [0.5, 0.6) is 23.0 Å². The van der Waals surface area contributed by atoms with E-state index in [1.165, 1.54) is 13.2 Å². The molecule has 0 saturated heterocycles. The second-order valence-electron chi connectivity index (χ2n) is 5.17. The van der Waals surface area contributed by atoms with Gasteiger partial charge in [0.1, 0.15) is 6.61 Å². The van der Waals surface area contributed by atoms with E-state index in [2.05, 4.69) is 5.92 Å². The molecule has 0 fully saturated rings. The fourth-order valence-electron chi connectivity index (χ4n) is 2.28. The smallest absolute Gasteiger partial charge is 0.185 e. The summed E-state index contributed by atoms with van der Waals surface area (Å²) in [5, 5.41) is 0. The Labute approximate surface area is 153 Å². The zero-order chi connectivity index (χ0) is 18.9. The monoisotopic (exact) mass is 352 g/mol. The molecule has 0 radical (unpaired) electrons. The van der Waals surface area contributed by atoms with E-state index in [1.54, 1.807) is 50.6 Å². The summed E-state index contributed by atoms with van der Waals surface area (Å²) in [7, 11) is 4.61. The van der Waals surface area contributed by atoms with Gasteiger partial charge in [0.05, 0.1) is 21.3 Å². The van der Waals surface area contributed by atoms with E-state index < -0.39 is 0 Å². The van der Waals surface area contributed by atoms with Crippen molar-refractivity contribution in [1.29, 1.82) is 0 Å². The van der Waals surface area contributed by atoms with Gasteiger partial charge in [-0.05, 0) is 42.0 Å². The first-order chi connectivity index (χ1) is 12.6. The van der Waals surface area contributed by atoms with Crippen LogP contribution in [0, 0.1) is 12.3 Å². The molecule has 134 valence electrons. The van der Waals surface area contributed by atoms with Crippen molar-refractivity contribution < 1.29 is 23.7 Å². The Kier molecular flexibility index (Phi) is 6.69. The molecule has 0 spiro atoms. The maximum atomic E-state index is 12.4. The Hall–Kier alpha value is -3.39. The van der Waals surface area contributed by atoms with E-state index >= 15 is 0 Å². The highest BCUT2D eigenvalue weighted by Crippen LogP contribution is 2.29. The molecule has 0 aliphatic rings. The predicted molar refractivity (Wildman–Crippen MR) is 100 cm³/mol. The summed E-state index contributed by atoms with van der Waals surface area (Å²) in [6.45, 7) is 0.156. The van der Waals surface area contributed by atoms with Gasteiger partial charge in [-0.1, -0.05) is 18.1 Å². The zero-order valence-electron chi connectivity index (χ0n) is 14.9. The lowest BCUT2D eigenvalue weighted by Gasteiger charge is -2.09. The maximum absolute atomic E-state index is 12.4. The minimum absolute atomic E-state index is 0.155. The number of ketones is 1. The third kappa shape index (κ3) is 4.58. The fraction of sp³-hybridized carbons (Fsp3) is 0.190. The molecule has 0 unspecified atom stereocenters. The number of methoxy groups -OCH3 is 3. The van der Waals surface area contributed by atoms with Gasteiger partial charge in [0.15, 0.2) is 28.8 Å². The molecule has 0 amide bonds. The van der Waals surface area contributed by atoms with Gasteiger partial charge >= 0.3 is 0 Å². The van der Waals surface area contributed by atoms with Crippen molar-refractivity contribution in [3.63, 3.8) is 0 Å². The van der Waals surface area contributed by atoms with Crippen LogP contribution in [0.2, 0.25) is 0 Å². The number of carbonyl (C=O) groups excluding carboxylic acids is 1. The molecule has 2 aromatic carbocycles. The second kappa shape index (κ2) is 9.19. The van der Waals surface area contributed by atoms with Gasteiger partial charge in [-0.25, -0.2) is 0 Å². The minimum atomic E-state index is -0.155. The Morgan fingerprint density at radius 3 is 2.27 bits per heavy atom. The van der Waals surface area contributed by atoms with E-state index in [0.717, 1.165) is 5.56 Å². The fourth-order valence-corrected chi connectivity index (χ4v) is 2.28. The highest BCUT2D eigenvalue weighted by atomic mass is 16.5. The number of carbonyl (C=O) groups is 1. The van der Waals surface area contributed by atoms with Crippen molar-refractivity contribution in [2.24, 2.45) is 0 Å². The van der Waals surface area contributed by atoms with Crippen molar-refractivity contribution in [2.75, 3.05) is 27.9 Å². The molecular formula is C21H20O5. The first-order valence-electron chi connectivity index (χ1n) is 7.81. The number of hydrogen-bond acceptors (Lipinski definition) is 5. The molecule has 0 aromatic heterocycles. The van der Waals surface area contributed by atoms with Crippen LogP contribution in [0.3, 0.4) is 0 Å². The topological polar surface area (TPSA) is 54.0 Å². The van der Waals surface area contributed by atoms with E-state index in [1.807, 2.05) is 6.07 Å². The lowest BCUT2D eigenvalue weighted by Crippen LogP contribution is -1.98. The number of terminal acetylenes is 1. The SMILES string of the molecule is C#CCOc1ccc(/C=C/C(=O)c2ccc(OC)c(OC)c2)cc1OC. The molecule has 0 aliphatic heterocycles. The van der Waals surface area contributed by atoms with E-state index in [9.17, 15) is 4.79 Å². The summed E-state index contributed by atoms with van der Waals surface area (Å²) >= 11 is 0. The van der Waals surface area contributed by atoms with Crippen LogP contribution < -0.4 is 18.9 Å². The average Bonchev–Trinajstić information content (AvgIpc) is 2.69. The number of ether oxygens (including phenoxy) is 4. The molecule has 2 aromatic rings. The quantitative estimate of drug-likeness (QED) is 0.413. The standard InChI is InChI=1S/C21H20O5/c1-5-12-26-19-10-7-15(13-20(19)24-3)6-9-17(22)16-8-11-18(23-2)21(14-16)25-4/h1,6-11,13-14H,12H2,2-4H3/b9-6+. The lowest BCUT2D eigenvalue weighted by atomic mass is 10.1. The Balaban J connectivity index is 2.18. The van der Waals surface area contributed by atoms with Crippen LogP contribution >= 0.6 is 0 Å². The number of rotatable bonds is 8. The van der Waals surface area contributed by atoms with Crippen LogP contribution in [0.4, 0.5) is 0 Å². The molecule has 0 saturated carbocycles. The van der Waals surface area contributed by atoms with Gasteiger partial charge in [-0.3, -0.25) is 4.79 Å². The van der Waals surface area contributed by atoms with Gasteiger partial charge in [0.25, 0.3) is 0 Å². The second-order valence-corrected chi connectivity index (χ2v) is 5.17. The van der Waals surface area contributed by atoms with Crippen LogP contribution in [0.15, 0.2) is 42.5 Å². The summed E-state index contributed by atoms with van der Waals surface area (Å²) in [6.07, 6.45) is 8.38. The normalized spacial score (nSPS) is 10.2.